The molecule has 0 saturated carbocycles. The van der Waals surface area contributed by atoms with Crippen molar-refractivity contribution in [3.63, 3.8) is 0 Å². The molecule has 1 fully saturated rings. The topological polar surface area (TPSA) is 80.5 Å². The summed E-state index contributed by atoms with van der Waals surface area (Å²) >= 11 is 1.38. The minimum Gasteiger partial charge on any atom is -0.326 e. The summed E-state index contributed by atoms with van der Waals surface area (Å²) in [5, 5.41) is 1.82. The molecular weight excluding hydrogens is 292 g/mol. The van der Waals surface area contributed by atoms with Crippen molar-refractivity contribution in [1.29, 1.82) is 0 Å². The Hall–Kier alpha value is -0.280. The Morgan fingerprint density at radius 1 is 1.44 bits per heavy atom. The molecule has 5 nitrogen and oxygen atoms in total. The SMILES string of the molecule is Cc1csc(CN)c1S(=O)(=O)N1CCS(=O)CC1. The van der Waals surface area contributed by atoms with Gasteiger partial charge in [-0.15, -0.1) is 11.3 Å². The predicted molar refractivity (Wildman–Crippen MR) is 73.6 cm³/mol. The van der Waals surface area contributed by atoms with Gasteiger partial charge in [-0.2, -0.15) is 4.31 Å². The lowest BCUT2D eigenvalue weighted by atomic mass is 10.3. The number of nitrogens with zero attached hydrogens (tertiary/aromatic N) is 1. The van der Waals surface area contributed by atoms with Gasteiger partial charge in [-0.1, -0.05) is 0 Å². The predicted octanol–water partition coefficient (Wildman–Crippen LogP) is 0.268. The molecule has 2 N–H and O–H groups in total. The van der Waals surface area contributed by atoms with E-state index in [-0.39, 0.29) is 6.54 Å². The van der Waals surface area contributed by atoms with E-state index in [0.717, 1.165) is 5.56 Å². The molecule has 1 aromatic rings. The smallest absolute Gasteiger partial charge is 0.244 e. The fraction of sp³-hybridized carbons (Fsp3) is 0.600. The molecule has 0 unspecified atom stereocenters. The van der Waals surface area contributed by atoms with E-state index in [9.17, 15) is 12.6 Å². The molecule has 1 aliphatic rings. The molecule has 0 radical (unpaired) electrons. The van der Waals surface area contributed by atoms with Crippen LogP contribution in [-0.2, 0) is 27.4 Å². The highest BCUT2D eigenvalue weighted by atomic mass is 32.2. The zero-order chi connectivity index (χ0) is 13.3. The van der Waals surface area contributed by atoms with Gasteiger partial charge in [-0.3, -0.25) is 4.21 Å². The molecular formula is C10H16N2O3S3. The van der Waals surface area contributed by atoms with E-state index in [2.05, 4.69) is 0 Å². The maximum Gasteiger partial charge on any atom is 0.244 e. The summed E-state index contributed by atoms with van der Waals surface area (Å²) in [7, 11) is -4.37. The van der Waals surface area contributed by atoms with E-state index in [1.54, 1.807) is 6.92 Å². The van der Waals surface area contributed by atoms with Crippen molar-refractivity contribution in [3.8, 4) is 0 Å². The van der Waals surface area contributed by atoms with Gasteiger partial charge in [0.05, 0.1) is 0 Å². The fourth-order valence-electron chi connectivity index (χ4n) is 1.97. The number of hydrogen-bond acceptors (Lipinski definition) is 5. The Morgan fingerprint density at radius 3 is 2.61 bits per heavy atom. The maximum absolute atomic E-state index is 12.5. The minimum absolute atomic E-state index is 0.229. The highest BCUT2D eigenvalue weighted by Gasteiger charge is 2.31. The van der Waals surface area contributed by atoms with Crippen LogP contribution in [0.5, 0.6) is 0 Å². The lowest BCUT2D eigenvalue weighted by Gasteiger charge is -2.26. The maximum atomic E-state index is 12.5. The number of rotatable bonds is 3. The van der Waals surface area contributed by atoms with Gasteiger partial charge in [0.25, 0.3) is 0 Å². The Balaban J connectivity index is 2.36. The third kappa shape index (κ3) is 2.53. The molecule has 102 valence electrons. The molecule has 0 aromatic carbocycles. The molecule has 1 saturated heterocycles. The Labute approximate surface area is 113 Å². The molecule has 0 atom stereocenters. The van der Waals surface area contributed by atoms with Crippen molar-refractivity contribution in [3.05, 3.63) is 15.8 Å². The van der Waals surface area contributed by atoms with E-state index < -0.39 is 20.8 Å². The Kier molecular flexibility index (Phi) is 4.22. The average molecular weight is 308 g/mol. The Bertz CT molecular complexity index is 555. The highest BCUT2D eigenvalue weighted by Crippen LogP contribution is 2.29. The van der Waals surface area contributed by atoms with Crippen LogP contribution < -0.4 is 5.73 Å². The van der Waals surface area contributed by atoms with Crippen LogP contribution in [0.2, 0.25) is 0 Å². The van der Waals surface area contributed by atoms with Crippen LogP contribution in [-0.4, -0.2) is 41.5 Å². The second-order valence-corrected chi connectivity index (χ2v) is 8.66. The van der Waals surface area contributed by atoms with E-state index in [0.29, 0.717) is 34.4 Å². The van der Waals surface area contributed by atoms with Gasteiger partial charge in [0.1, 0.15) is 4.90 Å². The fourth-order valence-corrected chi connectivity index (χ4v) is 6.34. The van der Waals surface area contributed by atoms with Gasteiger partial charge in [-0.05, 0) is 17.9 Å². The lowest BCUT2D eigenvalue weighted by molar-refractivity contribution is 0.438. The summed E-state index contributed by atoms with van der Waals surface area (Å²) in [6.45, 7) is 2.67. The first-order chi connectivity index (χ1) is 8.46. The van der Waals surface area contributed by atoms with Crippen LogP contribution in [0.3, 0.4) is 0 Å². The van der Waals surface area contributed by atoms with E-state index in [1.165, 1.54) is 15.6 Å². The molecule has 0 bridgehead atoms. The molecule has 2 heterocycles. The first-order valence-electron chi connectivity index (χ1n) is 5.59. The number of thiophene rings is 1. The molecule has 1 aliphatic heterocycles. The van der Waals surface area contributed by atoms with Crippen LogP contribution in [0.25, 0.3) is 0 Å². The molecule has 18 heavy (non-hydrogen) atoms. The summed E-state index contributed by atoms with van der Waals surface area (Å²) in [6, 6.07) is 0. The molecule has 0 aliphatic carbocycles. The van der Waals surface area contributed by atoms with Gasteiger partial charge in [-0.25, -0.2) is 8.42 Å². The standard InChI is InChI=1S/C10H16N2O3S3/c1-8-7-16-9(6-11)10(8)18(14,15)12-2-4-17(13)5-3-12/h7H,2-6,11H2,1H3. The molecule has 0 spiro atoms. The van der Waals surface area contributed by atoms with Gasteiger partial charge >= 0.3 is 0 Å². The second kappa shape index (κ2) is 5.38. The van der Waals surface area contributed by atoms with Crippen LogP contribution in [0.1, 0.15) is 10.4 Å². The lowest BCUT2D eigenvalue weighted by Crippen LogP contribution is -2.42. The monoisotopic (exact) mass is 308 g/mol. The van der Waals surface area contributed by atoms with Crippen molar-refractivity contribution in [2.45, 2.75) is 18.4 Å². The number of sulfonamides is 1. The molecule has 1 aromatic heterocycles. The first-order valence-corrected chi connectivity index (χ1v) is 9.39. The summed E-state index contributed by atoms with van der Waals surface area (Å²) in [5.74, 6) is 0.834. The summed E-state index contributed by atoms with van der Waals surface area (Å²) < 4.78 is 37.8. The number of aryl methyl sites for hydroxylation is 1. The zero-order valence-corrected chi connectivity index (χ0v) is 12.5. The van der Waals surface area contributed by atoms with Crippen molar-refractivity contribution in [2.24, 2.45) is 5.73 Å². The summed E-state index contributed by atoms with van der Waals surface area (Å²) in [5.41, 5.74) is 6.33. The van der Waals surface area contributed by atoms with Gasteiger partial charge in [0.2, 0.25) is 10.0 Å². The van der Waals surface area contributed by atoms with Gasteiger partial charge < -0.3 is 5.73 Å². The van der Waals surface area contributed by atoms with Crippen LogP contribution >= 0.6 is 11.3 Å². The normalized spacial score (nSPS) is 19.2. The first kappa shape index (κ1) is 14.1. The minimum atomic E-state index is -3.49. The number of hydrogen-bond donors (Lipinski definition) is 1. The second-order valence-electron chi connectivity index (χ2n) is 4.13. The quantitative estimate of drug-likeness (QED) is 0.869. The van der Waals surface area contributed by atoms with Crippen molar-refractivity contribution < 1.29 is 12.6 Å². The van der Waals surface area contributed by atoms with Crippen molar-refractivity contribution in [2.75, 3.05) is 24.6 Å². The van der Waals surface area contributed by atoms with Crippen molar-refractivity contribution in [1.82, 2.24) is 4.31 Å². The van der Waals surface area contributed by atoms with Crippen LogP contribution in [0.4, 0.5) is 0 Å². The van der Waals surface area contributed by atoms with Gasteiger partial charge in [0.15, 0.2) is 0 Å². The van der Waals surface area contributed by atoms with Crippen LogP contribution in [0, 0.1) is 6.92 Å². The highest BCUT2D eigenvalue weighted by molar-refractivity contribution is 7.89. The summed E-state index contributed by atoms with van der Waals surface area (Å²) in [4.78, 5) is 1.04. The van der Waals surface area contributed by atoms with E-state index in [4.69, 9.17) is 5.73 Å². The van der Waals surface area contributed by atoms with Crippen LogP contribution in [0.15, 0.2) is 10.3 Å². The third-order valence-corrected chi connectivity index (χ3v) is 7.57. The Morgan fingerprint density at radius 2 is 2.06 bits per heavy atom. The molecule has 2 rings (SSSR count). The number of nitrogens with two attached hydrogens (primary N) is 1. The molecule has 8 heteroatoms. The van der Waals surface area contributed by atoms with E-state index >= 15 is 0 Å². The van der Waals surface area contributed by atoms with Gasteiger partial charge in [0, 0.05) is 46.8 Å². The largest absolute Gasteiger partial charge is 0.326 e. The molecule has 0 amide bonds. The summed E-state index contributed by atoms with van der Waals surface area (Å²) in [6.07, 6.45) is 0. The third-order valence-electron chi connectivity index (χ3n) is 2.91. The zero-order valence-electron chi connectivity index (χ0n) is 10.1. The average Bonchev–Trinajstić information content (AvgIpc) is 2.71. The van der Waals surface area contributed by atoms with E-state index in [1.807, 2.05) is 5.38 Å². The van der Waals surface area contributed by atoms with Crippen molar-refractivity contribution >= 4 is 32.2 Å².